The van der Waals surface area contributed by atoms with Crippen molar-refractivity contribution in [1.29, 1.82) is 0 Å². The van der Waals surface area contributed by atoms with Gasteiger partial charge in [0.25, 0.3) is 0 Å². The van der Waals surface area contributed by atoms with Crippen LogP contribution in [0.5, 0.6) is 0 Å². The molecule has 2 rings (SSSR count). The van der Waals surface area contributed by atoms with Gasteiger partial charge in [0.15, 0.2) is 0 Å². The average molecular weight is 300 g/mol. The highest BCUT2D eigenvalue weighted by Gasteiger charge is 2.43. The summed E-state index contributed by atoms with van der Waals surface area (Å²) in [6.45, 7) is 5.69. The summed E-state index contributed by atoms with van der Waals surface area (Å²) in [6, 6.07) is 18.2. The van der Waals surface area contributed by atoms with Crippen LogP contribution >= 0.6 is 7.14 Å². The van der Waals surface area contributed by atoms with E-state index >= 15 is 0 Å². The van der Waals surface area contributed by atoms with E-state index in [2.05, 4.69) is 0 Å². The van der Waals surface area contributed by atoms with Crippen LogP contribution in [0.25, 0.3) is 0 Å². The van der Waals surface area contributed by atoms with Gasteiger partial charge in [-0.1, -0.05) is 81.4 Å². The van der Waals surface area contributed by atoms with E-state index in [-0.39, 0.29) is 5.52 Å². The van der Waals surface area contributed by atoms with Gasteiger partial charge in [-0.05, 0) is 6.42 Å². The zero-order valence-electron chi connectivity index (χ0n) is 12.7. The molecule has 0 fully saturated rings. The number of benzene rings is 2. The zero-order chi connectivity index (χ0) is 15.5. The standard InChI is InChI=1S/C18H21O2P/c1-4-18(2,3)17(19)21(20,15-11-7-5-8-12-15)16-13-9-6-10-14-16/h5-14H,4H2,1-3H3. The van der Waals surface area contributed by atoms with Gasteiger partial charge in [-0.3, -0.25) is 4.79 Å². The minimum absolute atomic E-state index is 0.171. The van der Waals surface area contributed by atoms with Gasteiger partial charge in [-0.2, -0.15) is 0 Å². The van der Waals surface area contributed by atoms with E-state index in [0.717, 1.165) is 0 Å². The summed E-state index contributed by atoms with van der Waals surface area (Å²) in [5, 5.41) is 1.23. The van der Waals surface area contributed by atoms with E-state index in [1.165, 1.54) is 0 Å². The van der Waals surface area contributed by atoms with Gasteiger partial charge in [-0.15, -0.1) is 0 Å². The fourth-order valence-corrected chi connectivity index (χ4v) is 5.20. The molecule has 0 aliphatic rings. The maximum absolute atomic E-state index is 13.8. The number of carbonyl (C=O) groups is 1. The molecule has 0 aliphatic carbocycles. The van der Waals surface area contributed by atoms with E-state index in [1.807, 2.05) is 57.2 Å². The van der Waals surface area contributed by atoms with Gasteiger partial charge in [0, 0.05) is 16.0 Å². The maximum atomic E-state index is 13.8. The first kappa shape index (κ1) is 15.7. The van der Waals surface area contributed by atoms with Crippen molar-refractivity contribution in [2.75, 3.05) is 0 Å². The molecule has 2 nitrogen and oxygen atoms in total. The molecule has 21 heavy (non-hydrogen) atoms. The lowest BCUT2D eigenvalue weighted by atomic mass is 9.92. The number of carbonyl (C=O) groups excluding carboxylic acids is 1. The summed E-state index contributed by atoms with van der Waals surface area (Å²) in [6.07, 6.45) is 0.662. The molecule has 0 aliphatic heterocycles. The molecule has 2 aromatic rings. The second-order valence-electron chi connectivity index (χ2n) is 5.82. The topological polar surface area (TPSA) is 34.1 Å². The highest BCUT2D eigenvalue weighted by atomic mass is 31.2. The maximum Gasteiger partial charge on any atom is 0.205 e. The summed E-state index contributed by atoms with van der Waals surface area (Å²) >= 11 is 0. The Kier molecular flexibility index (Phi) is 4.49. The lowest BCUT2D eigenvalue weighted by Crippen LogP contribution is -2.32. The normalized spacial score (nSPS) is 12.1. The highest BCUT2D eigenvalue weighted by Crippen LogP contribution is 2.50. The molecule has 0 radical (unpaired) electrons. The molecule has 0 saturated carbocycles. The SMILES string of the molecule is CCC(C)(C)C(=O)P(=O)(c1ccccc1)c1ccccc1. The van der Waals surface area contributed by atoms with Gasteiger partial charge in [0.2, 0.25) is 12.7 Å². The first-order valence-electron chi connectivity index (χ1n) is 7.19. The highest BCUT2D eigenvalue weighted by molar-refractivity contribution is 7.93. The van der Waals surface area contributed by atoms with Crippen LogP contribution in [-0.4, -0.2) is 5.52 Å². The molecule has 0 N–H and O–H groups in total. The van der Waals surface area contributed by atoms with Crippen molar-refractivity contribution in [1.82, 2.24) is 0 Å². The molecule has 0 spiro atoms. The first-order chi connectivity index (χ1) is 9.93. The van der Waals surface area contributed by atoms with Gasteiger partial charge in [-0.25, -0.2) is 0 Å². The van der Waals surface area contributed by atoms with Crippen molar-refractivity contribution < 1.29 is 9.36 Å². The molecule has 0 atom stereocenters. The Hall–Kier alpha value is -1.66. The quantitative estimate of drug-likeness (QED) is 0.783. The first-order valence-corrected chi connectivity index (χ1v) is 8.90. The summed E-state index contributed by atoms with van der Waals surface area (Å²) in [7, 11) is -3.29. The molecule has 3 heteroatoms. The van der Waals surface area contributed by atoms with Crippen LogP contribution in [0.1, 0.15) is 27.2 Å². The average Bonchev–Trinajstić information content (AvgIpc) is 2.55. The fraction of sp³-hybridized carbons (Fsp3) is 0.278. The minimum Gasteiger partial charge on any atom is -0.306 e. The van der Waals surface area contributed by atoms with Crippen molar-refractivity contribution >= 4 is 23.3 Å². The monoisotopic (exact) mass is 300 g/mol. The van der Waals surface area contributed by atoms with Gasteiger partial charge < -0.3 is 4.57 Å². The Morgan fingerprint density at radius 1 is 0.905 bits per heavy atom. The molecule has 0 saturated heterocycles. The summed E-state index contributed by atoms with van der Waals surface area (Å²) < 4.78 is 13.8. The molecule has 0 heterocycles. The summed E-state index contributed by atoms with van der Waals surface area (Å²) in [5.41, 5.74) is -0.781. The fourth-order valence-electron chi connectivity index (χ4n) is 2.24. The van der Waals surface area contributed by atoms with E-state index < -0.39 is 12.6 Å². The molecular weight excluding hydrogens is 279 g/mol. The molecule has 0 unspecified atom stereocenters. The third-order valence-corrected chi connectivity index (χ3v) is 7.22. The Morgan fingerprint density at radius 3 is 1.62 bits per heavy atom. The van der Waals surface area contributed by atoms with Crippen LogP contribution in [0, 0.1) is 5.41 Å². The third kappa shape index (κ3) is 2.87. The van der Waals surface area contributed by atoms with Gasteiger partial charge >= 0.3 is 0 Å². The van der Waals surface area contributed by atoms with E-state index in [0.29, 0.717) is 17.0 Å². The Labute approximate surface area is 126 Å². The predicted molar refractivity (Wildman–Crippen MR) is 88.8 cm³/mol. The Bertz CT molecular complexity index is 617. The summed E-state index contributed by atoms with van der Waals surface area (Å²) in [4.78, 5) is 13.1. The van der Waals surface area contributed by atoms with E-state index in [4.69, 9.17) is 0 Å². The molecule has 110 valence electrons. The number of hydrogen-bond acceptors (Lipinski definition) is 2. The minimum atomic E-state index is -3.29. The third-order valence-electron chi connectivity index (χ3n) is 3.99. The van der Waals surface area contributed by atoms with Crippen molar-refractivity contribution in [3.63, 3.8) is 0 Å². The largest absolute Gasteiger partial charge is 0.306 e. The lowest BCUT2D eigenvalue weighted by Gasteiger charge is -2.28. The molecule has 2 aromatic carbocycles. The van der Waals surface area contributed by atoms with E-state index in [1.54, 1.807) is 24.3 Å². The second-order valence-corrected chi connectivity index (χ2v) is 8.48. The van der Waals surface area contributed by atoms with Crippen molar-refractivity contribution in [2.45, 2.75) is 27.2 Å². The van der Waals surface area contributed by atoms with Crippen LogP contribution in [-0.2, 0) is 9.36 Å². The second kappa shape index (κ2) is 5.99. The number of hydrogen-bond donors (Lipinski definition) is 0. The summed E-state index contributed by atoms with van der Waals surface area (Å²) in [5.74, 6) is 0. The molecule has 0 bridgehead atoms. The van der Waals surface area contributed by atoms with Crippen molar-refractivity contribution in [3.8, 4) is 0 Å². The Morgan fingerprint density at radius 2 is 1.29 bits per heavy atom. The zero-order valence-corrected chi connectivity index (χ0v) is 13.6. The van der Waals surface area contributed by atoms with Gasteiger partial charge in [0.1, 0.15) is 0 Å². The van der Waals surface area contributed by atoms with Crippen LogP contribution < -0.4 is 10.6 Å². The van der Waals surface area contributed by atoms with E-state index in [9.17, 15) is 9.36 Å². The van der Waals surface area contributed by atoms with Crippen LogP contribution in [0.2, 0.25) is 0 Å². The smallest absolute Gasteiger partial charge is 0.205 e. The van der Waals surface area contributed by atoms with Crippen molar-refractivity contribution in [3.05, 3.63) is 60.7 Å². The van der Waals surface area contributed by atoms with Crippen LogP contribution in [0.3, 0.4) is 0 Å². The van der Waals surface area contributed by atoms with Crippen LogP contribution in [0.4, 0.5) is 0 Å². The predicted octanol–water partition coefficient (Wildman–Crippen LogP) is 3.96. The molecule has 0 aromatic heterocycles. The molecule has 0 amide bonds. The Balaban J connectivity index is 2.67. The number of rotatable bonds is 5. The lowest BCUT2D eigenvalue weighted by molar-refractivity contribution is -0.119. The van der Waals surface area contributed by atoms with Crippen molar-refractivity contribution in [2.24, 2.45) is 5.41 Å². The van der Waals surface area contributed by atoms with Gasteiger partial charge in [0.05, 0.1) is 0 Å². The molecular formula is C18H21O2P. The van der Waals surface area contributed by atoms with Crippen LogP contribution in [0.15, 0.2) is 60.7 Å².